The summed E-state index contributed by atoms with van der Waals surface area (Å²) in [6.45, 7) is 6.18. The smallest absolute Gasteiger partial charge is 0.103 e. The molecule has 2 fully saturated rings. The van der Waals surface area contributed by atoms with Gasteiger partial charge in [0.1, 0.15) is 5.84 Å². The van der Waals surface area contributed by atoms with Gasteiger partial charge in [-0.2, -0.15) is 0 Å². The van der Waals surface area contributed by atoms with Crippen molar-refractivity contribution in [1.82, 2.24) is 10.2 Å². The Hall–Kier alpha value is -0.830. The minimum atomic E-state index is 0.640. The molecule has 0 aromatic carbocycles. The number of hydrogen-bond acceptors (Lipinski definition) is 2. The van der Waals surface area contributed by atoms with Crippen LogP contribution in [0.3, 0.4) is 0 Å². The van der Waals surface area contributed by atoms with Crippen molar-refractivity contribution in [1.29, 1.82) is 0 Å². The molecular formula is C11H19N3. The molecular weight excluding hydrogens is 174 g/mol. The fraction of sp³-hybridized carbons (Fsp3) is 0.727. The lowest BCUT2D eigenvalue weighted by atomic mass is 9.84. The first-order valence-corrected chi connectivity index (χ1v) is 5.44. The van der Waals surface area contributed by atoms with Crippen molar-refractivity contribution >= 4 is 5.84 Å². The molecule has 2 aliphatic rings. The summed E-state index contributed by atoms with van der Waals surface area (Å²) in [5.74, 6) is 2.00. The first-order chi connectivity index (χ1) is 6.86. The van der Waals surface area contributed by atoms with Gasteiger partial charge in [-0.15, -0.1) is 0 Å². The Bertz CT molecular complexity index is 247. The van der Waals surface area contributed by atoms with Crippen LogP contribution in [0.25, 0.3) is 0 Å². The summed E-state index contributed by atoms with van der Waals surface area (Å²) >= 11 is 0. The van der Waals surface area contributed by atoms with E-state index in [-0.39, 0.29) is 0 Å². The lowest BCUT2D eigenvalue weighted by Crippen LogP contribution is -2.52. The Labute approximate surface area is 85.9 Å². The Morgan fingerprint density at radius 2 is 2.43 bits per heavy atom. The summed E-state index contributed by atoms with van der Waals surface area (Å²) in [5.41, 5.74) is 0. The molecule has 3 nitrogen and oxygen atoms in total. The van der Waals surface area contributed by atoms with Gasteiger partial charge in [0.15, 0.2) is 0 Å². The molecule has 2 rings (SSSR count). The summed E-state index contributed by atoms with van der Waals surface area (Å²) in [6, 6.07) is 0.640. The lowest BCUT2D eigenvalue weighted by Gasteiger charge is -2.44. The van der Waals surface area contributed by atoms with Crippen molar-refractivity contribution in [3.63, 3.8) is 0 Å². The highest BCUT2D eigenvalue weighted by molar-refractivity contribution is 5.84. The molecule has 0 amide bonds. The van der Waals surface area contributed by atoms with Gasteiger partial charge in [-0.3, -0.25) is 4.99 Å². The highest BCUT2D eigenvalue weighted by Gasteiger charge is 2.34. The second kappa shape index (κ2) is 4.13. The first kappa shape index (κ1) is 9.71. The van der Waals surface area contributed by atoms with Crippen LogP contribution in [0.5, 0.6) is 0 Å². The highest BCUT2D eigenvalue weighted by Crippen LogP contribution is 2.29. The van der Waals surface area contributed by atoms with Gasteiger partial charge in [-0.1, -0.05) is 6.58 Å². The van der Waals surface area contributed by atoms with Gasteiger partial charge in [0, 0.05) is 19.5 Å². The van der Waals surface area contributed by atoms with Crippen molar-refractivity contribution in [2.75, 3.05) is 20.1 Å². The van der Waals surface area contributed by atoms with E-state index in [1.807, 2.05) is 13.2 Å². The Balaban J connectivity index is 2.16. The zero-order chi connectivity index (χ0) is 9.97. The van der Waals surface area contributed by atoms with E-state index in [4.69, 9.17) is 0 Å². The third-order valence-electron chi connectivity index (χ3n) is 3.42. The molecule has 2 saturated heterocycles. The number of fused-ring (bicyclic) bond motifs is 1. The third-order valence-corrected chi connectivity index (χ3v) is 3.42. The Morgan fingerprint density at radius 1 is 1.57 bits per heavy atom. The number of likely N-dealkylation sites (tertiary alicyclic amines) is 1. The largest absolute Gasteiger partial charge is 0.334 e. The van der Waals surface area contributed by atoms with E-state index in [0.717, 1.165) is 25.4 Å². The van der Waals surface area contributed by atoms with Crippen molar-refractivity contribution in [2.45, 2.75) is 25.3 Å². The van der Waals surface area contributed by atoms with Crippen molar-refractivity contribution in [3.8, 4) is 0 Å². The summed E-state index contributed by atoms with van der Waals surface area (Å²) in [6.07, 6.45) is 5.54. The van der Waals surface area contributed by atoms with E-state index in [1.54, 1.807) is 0 Å². The molecule has 1 N–H and O–H groups in total. The molecule has 78 valence electrons. The molecule has 3 heteroatoms. The number of nitrogens with one attached hydrogen (secondary N) is 1. The highest BCUT2D eigenvalue weighted by atomic mass is 15.2. The number of nitrogens with zero attached hydrogens (tertiary/aromatic N) is 2. The molecule has 2 aliphatic heterocycles. The van der Waals surface area contributed by atoms with Crippen LogP contribution < -0.4 is 5.32 Å². The van der Waals surface area contributed by atoms with E-state index >= 15 is 0 Å². The maximum Gasteiger partial charge on any atom is 0.103 e. The van der Waals surface area contributed by atoms with Crippen molar-refractivity contribution < 1.29 is 0 Å². The predicted molar refractivity (Wildman–Crippen MR) is 59.4 cm³/mol. The zero-order valence-corrected chi connectivity index (χ0v) is 8.87. The van der Waals surface area contributed by atoms with Crippen LogP contribution in [0.4, 0.5) is 0 Å². The van der Waals surface area contributed by atoms with E-state index < -0.39 is 0 Å². The molecule has 0 aromatic heterocycles. The molecule has 0 aromatic rings. The van der Waals surface area contributed by atoms with Crippen LogP contribution in [0.15, 0.2) is 17.8 Å². The minimum Gasteiger partial charge on any atom is -0.334 e. The predicted octanol–water partition coefficient (Wildman–Crippen LogP) is 1.23. The van der Waals surface area contributed by atoms with Crippen LogP contribution in [0.1, 0.15) is 19.3 Å². The standard InChI is InChI=1S/C11H19N3/c1-3-14-10-6-7-13-8-9(10)4-5-11(14)12-2/h3,9-10,13H,1,4-8H2,2H3. The Kier molecular flexibility index (Phi) is 2.87. The summed E-state index contributed by atoms with van der Waals surface area (Å²) < 4.78 is 0. The molecule has 2 heterocycles. The average molecular weight is 193 g/mol. The molecule has 0 spiro atoms. The minimum absolute atomic E-state index is 0.640. The summed E-state index contributed by atoms with van der Waals surface area (Å²) in [5, 5.41) is 3.46. The monoisotopic (exact) mass is 193 g/mol. The van der Waals surface area contributed by atoms with E-state index in [0.29, 0.717) is 6.04 Å². The van der Waals surface area contributed by atoms with Crippen LogP contribution in [0.2, 0.25) is 0 Å². The number of aliphatic imine (C=N–C) groups is 1. The second-order valence-electron chi connectivity index (χ2n) is 4.09. The topological polar surface area (TPSA) is 27.6 Å². The molecule has 0 saturated carbocycles. The third kappa shape index (κ3) is 1.57. The molecule has 14 heavy (non-hydrogen) atoms. The normalized spacial score (nSPS) is 35.5. The zero-order valence-electron chi connectivity index (χ0n) is 8.87. The van der Waals surface area contributed by atoms with Gasteiger partial charge in [-0.25, -0.2) is 0 Å². The molecule has 0 bridgehead atoms. The summed E-state index contributed by atoms with van der Waals surface area (Å²) in [4.78, 5) is 6.63. The number of hydrogen-bond donors (Lipinski definition) is 1. The van der Waals surface area contributed by atoms with Gasteiger partial charge in [0.2, 0.25) is 0 Å². The molecule has 2 atom stereocenters. The molecule has 0 aliphatic carbocycles. The Morgan fingerprint density at radius 3 is 3.14 bits per heavy atom. The van der Waals surface area contributed by atoms with Crippen molar-refractivity contribution in [2.24, 2.45) is 10.9 Å². The van der Waals surface area contributed by atoms with Crippen LogP contribution in [-0.4, -0.2) is 36.9 Å². The second-order valence-corrected chi connectivity index (χ2v) is 4.09. The summed E-state index contributed by atoms with van der Waals surface area (Å²) in [7, 11) is 1.88. The van der Waals surface area contributed by atoms with Crippen LogP contribution in [0, 0.1) is 5.92 Å². The fourth-order valence-electron chi connectivity index (χ4n) is 2.67. The quantitative estimate of drug-likeness (QED) is 0.678. The number of rotatable bonds is 1. The maximum atomic E-state index is 4.34. The maximum absolute atomic E-state index is 4.34. The average Bonchev–Trinajstić information content (AvgIpc) is 2.27. The van der Waals surface area contributed by atoms with Crippen LogP contribution >= 0.6 is 0 Å². The lowest BCUT2D eigenvalue weighted by molar-refractivity contribution is 0.188. The van der Waals surface area contributed by atoms with Gasteiger partial charge in [0.25, 0.3) is 0 Å². The van der Waals surface area contributed by atoms with Gasteiger partial charge >= 0.3 is 0 Å². The first-order valence-electron chi connectivity index (χ1n) is 5.44. The number of amidine groups is 1. The van der Waals surface area contributed by atoms with Crippen molar-refractivity contribution in [3.05, 3.63) is 12.8 Å². The number of piperidine rings is 2. The van der Waals surface area contributed by atoms with E-state index in [9.17, 15) is 0 Å². The molecule has 2 unspecified atom stereocenters. The van der Waals surface area contributed by atoms with Gasteiger partial charge in [0.05, 0.1) is 0 Å². The van der Waals surface area contributed by atoms with E-state index in [1.165, 1.54) is 18.7 Å². The fourth-order valence-corrected chi connectivity index (χ4v) is 2.67. The molecule has 0 radical (unpaired) electrons. The van der Waals surface area contributed by atoms with E-state index in [2.05, 4.69) is 21.8 Å². The SMILES string of the molecule is C=CN1C(=NC)CCC2CNCCC21. The van der Waals surface area contributed by atoms with Crippen LogP contribution in [-0.2, 0) is 0 Å². The van der Waals surface area contributed by atoms with Gasteiger partial charge in [-0.05, 0) is 38.0 Å². The van der Waals surface area contributed by atoms with Gasteiger partial charge < -0.3 is 10.2 Å².